The Labute approximate surface area is 99.3 Å². The summed E-state index contributed by atoms with van der Waals surface area (Å²) in [5, 5.41) is 3.52. The molecular weight excluding hydrogens is 194 g/mol. The smallest absolute Gasteiger partial charge is 0.0133 e. The van der Waals surface area contributed by atoms with E-state index in [4.69, 9.17) is 0 Å². The van der Waals surface area contributed by atoms with E-state index in [0.29, 0.717) is 6.04 Å². The van der Waals surface area contributed by atoms with Gasteiger partial charge in [-0.1, -0.05) is 49.6 Å². The van der Waals surface area contributed by atoms with E-state index in [1.807, 2.05) is 0 Å². The standard InChI is InChI=1S/C15H23N/c1-16-15(14-10-6-3-7-11-14)12-13-8-4-2-5-9-13/h2,4-5,8-9,14-16H,3,6-7,10-12H2,1H3/t15-/m1/s1. The van der Waals surface area contributed by atoms with E-state index in [9.17, 15) is 0 Å². The highest BCUT2D eigenvalue weighted by Gasteiger charge is 2.22. The molecular formula is C15H23N. The van der Waals surface area contributed by atoms with Crippen LogP contribution < -0.4 is 5.32 Å². The molecule has 0 aromatic heterocycles. The third kappa shape index (κ3) is 3.08. The first-order valence-electron chi connectivity index (χ1n) is 6.61. The number of hydrogen-bond donors (Lipinski definition) is 1. The lowest BCUT2D eigenvalue weighted by molar-refractivity contribution is 0.277. The molecule has 1 aromatic rings. The minimum absolute atomic E-state index is 0.669. The SMILES string of the molecule is CN[C@H](Cc1ccccc1)C1CCCCC1. The van der Waals surface area contributed by atoms with Gasteiger partial charge in [-0.15, -0.1) is 0 Å². The lowest BCUT2D eigenvalue weighted by Crippen LogP contribution is -2.36. The van der Waals surface area contributed by atoms with E-state index in [2.05, 4.69) is 42.7 Å². The Morgan fingerprint density at radius 1 is 1.12 bits per heavy atom. The van der Waals surface area contributed by atoms with Crippen LogP contribution in [0.3, 0.4) is 0 Å². The van der Waals surface area contributed by atoms with Gasteiger partial charge in [-0.2, -0.15) is 0 Å². The third-order valence-electron chi connectivity index (χ3n) is 3.89. The summed E-state index contributed by atoms with van der Waals surface area (Å²) in [5.74, 6) is 0.888. The van der Waals surface area contributed by atoms with Gasteiger partial charge in [0.2, 0.25) is 0 Å². The van der Waals surface area contributed by atoms with Gasteiger partial charge in [0.05, 0.1) is 0 Å². The largest absolute Gasteiger partial charge is 0.316 e. The van der Waals surface area contributed by atoms with E-state index in [1.54, 1.807) is 0 Å². The molecule has 0 aliphatic heterocycles. The Morgan fingerprint density at radius 2 is 1.81 bits per heavy atom. The third-order valence-corrected chi connectivity index (χ3v) is 3.89. The zero-order valence-electron chi connectivity index (χ0n) is 10.3. The average molecular weight is 217 g/mol. The van der Waals surface area contributed by atoms with Crippen LogP contribution in [0.5, 0.6) is 0 Å². The van der Waals surface area contributed by atoms with Crippen molar-refractivity contribution in [3.63, 3.8) is 0 Å². The quantitative estimate of drug-likeness (QED) is 0.815. The fourth-order valence-corrected chi connectivity index (χ4v) is 2.91. The van der Waals surface area contributed by atoms with Crippen LogP contribution in [0.25, 0.3) is 0 Å². The second-order valence-corrected chi connectivity index (χ2v) is 4.98. The van der Waals surface area contributed by atoms with E-state index >= 15 is 0 Å². The van der Waals surface area contributed by atoms with Gasteiger partial charge < -0.3 is 5.32 Å². The van der Waals surface area contributed by atoms with Crippen molar-refractivity contribution >= 4 is 0 Å². The van der Waals surface area contributed by atoms with Crippen molar-refractivity contribution in [1.82, 2.24) is 5.32 Å². The van der Waals surface area contributed by atoms with Crippen LogP contribution in [0.2, 0.25) is 0 Å². The minimum atomic E-state index is 0.669. The number of benzene rings is 1. The summed E-state index contributed by atoms with van der Waals surface area (Å²) in [6.07, 6.45) is 8.31. The molecule has 1 saturated carbocycles. The van der Waals surface area contributed by atoms with Crippen LogP contribution in [0.15, 0.2) is 30.3 Å². The Balaban J connectivity index is 1.94. The molecule has 1 atom stereocenters. The van der Waals surface area contributed by atoms with Gasteiger partial charge in [-0.05, 0) is 37.8 Å². The normalized spacial score (nSPS) is 19.6. The summed E-state index contributed by atoms with van der Waals surface area (Å²) in [6, 6.07) is 11.5. The number of nitrogens with one attached hydrogen (secondary N) is 1. The van der Waals surface area contributed by atoms with Crippen molar-refractivity contribution in [3.8, 4) is 0 Å². The first-order valence-corrected chi connectivity index (χ1v) is 6.61. The predicted molar refractivity (Wildman–Crippen MR) is 69.6 cm³/mol. The fraction of sp³-hybridized carbons (Fsp3) is 0.600. The average Bonchev–Trinajstić information content (AvgIpc) is 2.38. The van der Waals surface area contributed by atoms with Gasteiger partial charge in [-0.3, -0.25) is 0 Å². The first-order chi connectivity index (χ1) is 7.90. The van der Waals surface area contributed by atoms with E-state index in [1.165, 1.54) is 44.1 Å². The Morgan fingerprint density at radius 3 is 2.44 bits per heavy atom. The molecule has 0 bridgehead atoms. The monoisotopic (exact) mass is 217 g/mol. The molecule has 1 fully saturated rings. The van der Waals surface area contributed by atoms with Gasteiger partial charge in [0.15, 0.2) is 0 Å². The summed E-state index contributed by atoms with van der Waals surface area (Å²) in [6.45, 7) is 0. The maximum absolute atomic E-state index is 3.52. The highest BCUT2D eigenvalue weighted by molar-refractivity contribution is 5.16. The van der Waals surface area contributed by atoms with E-state index < -0.39 is 0 Å². The molecule has 1 heteroatoms. The summed E-state index contributed by atoms with van der Waals surface area (Å²) in [5.41, 5.74) is 1.47. The molecule has 0 saturated heterocycles. The minimum Gasteiger partial charge on any atom is -0.316 e. The van der Waals surface area contributed by atoms with Crippen LogP contribution in [-0.2, 0) is 6.42 Å². The molecule has 88 valence electrons. The lowest BCUT2D eigenvalue weighted by atomic mass is 9.81. The molecule has 2 rings (SSSR count). The van der Waals surface area contributed by atoms with Crippen molar-refractivity contribution < 1.29 is 0 Å². The molecule has 0 heterocycles. The van der Waals surface area contributed by atoms with Crippen molar-refractivity contribution in [2.24, 2.45) is 5.92 Å². The second-order valence-electron chi connectivity index (χ2n) is 4.98. The van der Waals surface area contributed by atoms with Crippen LogP contribution in [0.4, 0.5) is 0 Å². The van der Waals surface area contributed by atoms with Gasteiger partial charge in [0, 0.05) is 6.04 Å². The number of rotatable bonds is 4. The van der Waals surface area contributed by atoms with Gasteiger partial charge in [0.1, 0.15) is 0 Å². The molecule has 0 radical (unpaired) electrons. The fourth-order valence-electron chi connectivity index (χ4n) is 2.91. The van der Waals surface area contributed by atoms with Gasteiger partial charge in [-0.25, -0.2) is 0 Å². The Hall–Kier alpha value is -0.820. The van der Waals surface area contributed by atoms with Crippen LogP contribution in [-0.4, -0.2) is 13.1 Å². The Bertz CT molecular complexity index is 288. The Kier molecular flexibility index (Phi) is 4.41. The summed E-state index contributed by atoms with van der Waals surface area (Å²) < 4.78 is 0. The molecule has 0 spiro atoms. The predicted octanol–water partition coefficient (Wildman–Crippen LogP) is 3.40. The van der Waals surface area contributed by atoms with Crippen molar-refractivity contribution in [3.05, 3.63) is 35.9 Å². The van der Waals surface area contributed by atoms with Crippen LogP contribution in [0.1, 0.15) is 37.7 Å². The molecule has 1 nitrogen and oxygen atoms in total. The lowest BCUT2D eigenvalue weighted by Gasteiger charge is -2.30. The van der Waals surface area contributed by atoms with Crippen molar-refractivity contribution in [2.75, 3.05) is 7.05 Å². The van der Waals surface area contributed by atoms with E-state index in [0.717, 1.165) is 5.92 Å². The second kappa shape index (κ2) is 6.05. The van der Waals surface area contributed by atoms with Crippen LogP contribution in [0, 0.1) is 5.92 Å². The molecule has 0 unspecified atom stereocenters. The van der Waals surface area contributed by atoms with Gasteiger partial charge >= 0.3 is 0 Å². The summed E-state index contributed by atoms with van der Waals surface area (Å²) in [7, 11) is 2.11. The molecule has 1 N–H and O–H groups in total. The maximum Gasteiger partial charge on any atom is 0.0133 e. The molecule has 1 aliphatic rings. The summed E-state index contributed by atoms with van der Waals surface area (Å²) in [4.78, 5) is 0. The highest BCUT2D eigenvalue weighted by Crippen LogP contribution is 2.27. The first kappa shape index (κ1) is 11.7. The zero-order chi connectivity index (χ0) is 11.2. The molecule has 16 heavy (non-hydrogen) atoms. The molecule has 1 aromatic carbocycles. The van der Waals surface area contributed by atoms with Crippen molar-refractivity contribution in [1.29, 1.82) is 0 Å². The summed E-state index contributed by atoms with van der Waals surface area (Å²) >= 11 is 0. The maximum atomic E-state index is 3.52. The topological polar surface area (TPSA) is 12.0 Å². The molecule has 1 aliphatic carbocycles. The number of hydrogen-bond acceptors (Lipinski definition) is 1. The highest BCUT2D eigenvalue weighted by atomic mass is 14.9. The van der Waals surface area contributed by atoms with Crippen molar-refractivity contribution in [2.45, 2.75) is 44.6 Å². The zero-order valence-corrected chi connectivity index (χ0v) is 10.3. The number of likely N-dealkylation sites (N-methyl/N-ethyl adjacent to an activating group) is 1. The van der Waals surface area contributed by atoms with Crippen LogP contribution >= 0.6 is 0 Å². The van der Waals surface area contributed by atoms with Gasteiger partial charge in [0.25, 0.3) is 0 Å². The van der Waals surface area contributed by atoms with E-state index in [-0.39, 0.29) is 0 Å². The molecule has 0 amide bonds.